The summed E-state index contributed by atoms with van der Waals surface area (Å²) in [5.74, 6) is -9.20. The Bertz CT molecular complexity index is 4450. The van der Waals surface area contributed by atoms with Gasteiger partial charge >= 0.3 is 15.6 Å². The number of amides is 4. The molecule has 2 aromatic heterocycles. The molecule has 6 aromatic rings. The molecule has 0 aliphatic carbocycles. The summed E-state index contributed by atoms with van der Waals surface area (Å²) in [4.78, 5) is 155. The monoisotopic (exact) mass is 1540 g/mol. The summed E-state index contributed by atoms with van der Waals surface area (Å²) in [7, 11) is -10.5. The molecule has 6 rings (SSSR count). The van der Waals surface area contributed by atoms with Gasteiger partial charge < -0.3 is 44.5 Å². The fraction of sp³-hybridized carbons (Fsp3) is 0.481. The number of hydrogen-bond acceptors (Lipinski definition) is 17. The van der Waals surface area contributed by atoms with Crippen LogP contribution in [0.3, 0.4) is 0 Å². The predicted molar refractivity (Wildman–Crippen MR) is 413 cm³/mol. The fourth-order valence-electron chi connectivity index (χ4n) is 12.2. The number of phosphoric acid groups is 2. The number of ether oxygens (including phenoxy) is 1. The minimum Gasteiger partial charge on any atom is -0.350 e. The van der Waals surface area contributed by atoms with Gasteiger partial charge in [-0.3, -0.25) is 58.6 Å². The minimum absolute atomic E-state index is 0.00106. The Balaban J connectivity index is 0.000000427. The number of nitrogens with zero attached hydrogens (tertiary/aromatic N) is 4. The molecule has 0 spiro atoms. The molecule has 0 fully saturated rings. The smallest absolute Gasteiger partial charge is 0.350 e. The summed E-state index contributed by atoms with van der Waals surface area (Å²) < 4.78 is 139. The van der Waals surface area contributed by atoms with E-state index in [-0.39, 0.29) is 56.9 Å². The zero-order valence-electron chi connectivity index (χ0n) is 75.2. The van der Waals surface area contributed by atoms with Crippen LogP contribution in [-0.2, 0) is 87.2 Å². The molecule has 0 aliphatic rings. The van der Waals surface area contributed by atoms with Crippen molar-refractivity contribution >= 4 is 62.4 Å². The maximum atomic E-state index is 14.5. The number of pyridine rings is 2. The number of carbonyl (C=O) groups is 8. The van der Waals surface area contributed by atoms with E-state index in [0.29, 0.717) is 33.6 Å². The molecule has 0 aliphatic heterocycles. The molecular formula is C81H112N8O17P2. The number of nitrogens with one attached hydrogen (secondary N) is 4. The third kappa shape index (κ3) is 32.6. The molecule has 0 unspecified atom stereocenters. The van der Waals surface area contributed by atoms with Gasteiger partial charge in [-0.1, -0.05) is 204 Å². The van der Waals surface area contributed by atoms with Crippen molar-refractivity contribution in [3.05, 3.63) is 180 Å². The quantitative estimate of drug-likeness (QED) is 0.0101. The Morgan fingerprint density at radius 1 is 0.463 bits per heavy atom. The zero-order chi connectivity index (χ0) is 90.5. The van der Waals surface area contributed by atoms with Gasteiger partial charge in [0.05, 0.1) is 47.5 Å². The first kappa shape index (κ1) is 72.7. The average Bonchev–Trinajstić information content (AvgIpc) is 0.746. The molecule has 8 N–H and O–H groups in total. The van der Waals surface area contributed by atoms with E-state index in [2.05, 4.69) is 36.0 Å². The van der Waals surface area contributed by atoms with E-state index >= 15 is 0 Å². The molecule has 0 saturated heterocycles. The first-order valence-corrected chi connectivity index (χ1v) is 38.1. The number of Topliss-reactive ketones (excluding diaryl/α,β-unsaturated/α-hetero) is 4. The second-order valence-corrected chi connectivity index (χ2v) is 32.1. The first-order chi connectivity index (χ1) is 55.2. The van der Waals surface area contributed by atoms with E-state index in [1.807, 2.05) is 57.2 Å². The summed E-state index contributed by atoms with van der Waals surface area (Å²) in [6, 6.07) is 38.4. The van der Waals surface area contributed by atoms with Crippen LogP contribution in [0.2, 0.25) is 0 Å². The van der Waals surface area contributed by atoms with E-state index in [9.17, 15) is 67.1 Å². The summed E-state index contributed by atoms with van der Waals surface area (Å²) in [6.45, 7) is 2.35. The number of hydrazine groups is 2. The summed E-state index contributed by atoms with van der Waals surface area (Å²) >= 11 is 0. The van der Waals surface area contributed by atoms with E-state index in [4.69, 9.17) is 25.7 Å². The molecule has 588 valence electrons. The highest BCUT2D eigenvalue weighted by atomic mass is 31.2. The van der Waals surface area contributed by atoms with Crippen LogP contribution in [0.1, 0.15) is 175 Å². The fourth-order valence-corrected chi connectivity index (χ4v) is 12.9. The second-order valence-electron chi connectivity index (χ2n) is 29.7. The normalized spacial score (nSPS) is 16.6. The van der Waals surface area contributed by atoms with Crippen molar-refractivity contribution in [3.8, 4) is 22.5 Å². The summed E-state index contributed by atoms with van der Waals surface area (Å²) in [5, 5.41) is 7.37. The zero-order valence-corrected chi connectivity index (χ0v) is 65.0. The molecule has 0 bridgehead atoms. The van der Waals surface area contributed by atoms with Gasteiger partial charge in [0.1, 0.15) is 11.6 Å². The first-order valence-electron chi connectivity index (χ1n) is 41.1. The van der Waals surface area contributed by atoms with Gasteiger partial charge in [0.2, 0.25) is 23.6 Å². The molecule has 2 heterocycles. The highest BCUT2D eigenvalue weighted by Gasteiger charge is 2.42. The van der Waals surface area contributed by atoms with Crippen LogP contribution in [-0.4, -0.2) is 130 Å². The van der Waals surface area contributed by atoms with Crippen LogP contribution >= 0.6 is 15.6 Å². The van der Waals surface area contributed by atoms with E-state index in [1.54, 1.807) is 142 Å². The van der Waals surface area contributed by atoms with Gasteiger partial charge in [-0.25, -0.2) is 19.1 Å². The van der Waals surface area contributed by atoms with Crippen molar-refractivity contribution < 1.29 is 97.3 Å². The van der Waals surface area contributed by atoms with Crippen molar-refractivity contribution in [1.82, 2.24) is 41.5 Å². The van der Waals surface area contributed by atoms with Gasteiger partial charge in [0.15, 0.2) is 18.4 Å². The molecular weight excluding hydrogens is 1420 g/mol. The van der Waals surface area contributed by atoms with Crippen molar-refractivity contribution in [2.45, 2.75) is 186 Å². The van der Waals surface area contributed by atoms with E-state index < -0.39 is 174 Å². The van der Waals surface area contributed by atoms with Crippen LogP contribution in [0.25, 0.3) is 22.5 Å². The largest absolute Gasteiger partial charge is 0.471 e. The minimum atomic E-state index is -5.39. The topological polar surface area (TPSA) is 360 Å². The third-order valence-corrected chi connectivity index (χ3v) is 18.5. The lowest BCUT2D eigenvalue weighted by molar-refractivity contribution is -0.140. The number of carbonyl (C=O) groups excluding carboxylic acids is 8. The molecule has 0 saturated carbocycles. The predicted octanol–water partition coefficient (Wildman–Crippen LogP) is 12.1. The Morgan fingerprint density at radius 2 is 0.824 bits per heavy atom. The highest BCUT2D eigenvalue weighted by Crippen LogP contribution is 2.42. The summed E-state index contributed by atoms with van der Waals surface area (Å²) in [6.07, 6.45) is -1.18. The van der Waals surface area contributed by atoms with Gasteiger partial charge in [-0.15, -0.1) is 0 Å². The molecule has 4 aromatic carbocycles. The molecule has 8 atom stereocenters. The number of hydrogen-bond donors (Lipinski definition) is 8. The Kier molecular flexibility index (Phi) is 27.6. The van der Waals surface area contributed by atoms with Gasteiger partial charge in [0, 0.05) is 106 Å². The standard InChI is InChI=1S/C41H57N4O9P.C40H55N4O8P/c1-28(46)22-34(40(3,4)5)39(49)44-45(25-31-17-19-32(20-18-31)35-16-12-13-21-42-35)26-37(53-27-54-55(50,51)52)33(23-30-14-10-9-11-15-30)24-36(48)38(41(6,7)8)43-29(2)47;1-27(45)22-33(39(3,4)5)38(48)43-44(25-30-17-19-31(20-18-30)34-16-12-13-21-41-34)26-36(52-53(49,50)51)32(23-29-14-10-9-11-15-29)24-35(47)37(40(6,7)8)42-28(2)46/h9-21,33-34,37-38H,22-27H2,1-8H3,(H,43,47)(H,44,49)(H2,50,51,52);9-21,32-33,36-37H,22-26H2,1-8H3,(H,42,46)(H,43,48)(H2,49,50,51)/t33-,34-,37+,38-;32-,33-,36+,37-/m11/s1/i2*6D3,7D3. The maximum absolute atomic E-state index is 14.5. The molecule has 108 heavy (non-hydrogen) atoms. The molecule has 25 nitrogen and oxygen atoms in total. The number of ketones is 4. The van der Waals surface area contributed by atoms with Crippen molar-refractivity contribution in [3.63, 3.8) is 0 Å². The SMILES string of the molecule is [2H]C([2H])([2H])C(C)([C@H](NC(C)=O)C(=O)C[C@@H](Cc1ccccc1)[C@H](CN(Cc1ccc(-c2ccccn2)cc1)NC(=O)[C@@H](CC(C)=O)C(C)(C)C)OCOP(=O)(O)O)C([2H])([2H])[2H].[2H]C([2H])([2H])C(C)([C@H](NC(C)=O)C(=O)C[C@@H](Cc1ccccc1)[C@H](CN(Cc1ccc(-c2ccccn2)cc1)NC(=O)[C@@H](CC(C)=O)C(C)(C)C)OP(=O)(O)O)C([2H])([2H])[2H]. The molecule has 27 heteroatoms. The highest BCUT2D eigenvalue weighted by molar-refractivity contribution is 7.46. The molecule has 4 amide bonds. The van der Waals surface area contributed by atoms with Gasteiger partial charge in [0.25, 0.3) is 0 Å². The van der Waals surface area contributed by atoms with E-state index in [0.717, 1.165) is 38.8 Å². The number of benzene rings is 4. The van der Waals surface area contributed by atoms with Crippen LogP contribution in [0.5, 0.6) is 0 Å². The Morgan fingerprint density at radius 3 is 1.14 bits per heavy atom. The second kappa shape index (κ2) is 41.0. The lowest BCUT2D eigenvalue weighted by Gasteiger charge is -2.36. The lowest BCUT2D eigenvalue weighted by atomic mass is 9.77. The third-order valence-electron chi connectivity index (χ3n) is 17.5. The molecule has 0 radical (unpaired) electrons. The van der Waals surface area contributed by atoms with Crippen molar-refractivity contribution in [1.29, 1.82) is 0 Å². The lowest BCUT2D eigenvalue weighted by Crippen LogP contribution is -2.52. The van der Waals surface area contributed by atoms with Crippen molar-refractivity contribution in [2.75, 3.05) is 19.9 Å². The summed E-state index contributed by atoms with van der Waals surface area (Å²) in [5.41, 5.74) is 4.35. The maximum Gasteiger partial charge on any atom is 0.471 e. The van der Waals surface area contributed by atoms with Gasteiger partial charge in [-0.2, -0.15) is 0 Å². The van der Waals surface area contributed by atoms with Crippen LogP contribution in [0.4, 0.5) is 0 Å². The number of aromatic nitrogens is 2. The Labute approximate surface area is 653 Å². The van der Waals surface area contributed by atoms with Crippen molar-refractivity contribution in [2.24, 2.45) is 45.3 Å². The van der Waals surface area contributed by atoms with Gasteiger partial charge in [-0.05, 0) is 107 Å². The van der Waals surface area contributed by atoms with E-state index in [1.165, 1.54) is 23.9 Å². The number of phosphoric ester groups is 2. The Hall–Kier alpha value is -8.16. The number of rotatable bonds is 38. The van der Waals surface area contributed by atoms with Crippen LogP contribution in [0, 0.1) is 45.3 Å². The van der Waals surface area contributed by atoms with Crippen LogP contribution in [0.15, 0.2) is 158 Å². The van der Waals surface area contributed by atoms with Crippen LogP contribution < -0.4 is 21.5 Å². The average molecular weight is 1540 g/mol.